The second-order valence-electron chi connectivity index (χ2n) is 6.10. The van der Waals surface area contributed by atoms with Crippen LogP contribution >= 0.6 is 22.6 Å². The van der Waals surface area contributed by atoms with Gasteiger partial charge in [0.25, 0.3) is 11.8 Å². The third kappa shape index (κ3) is 6.21. The average Bonchev–Trinajstić information content (AvgIpc) is 2.75. The summed E-state index contributed by atoms with van der Waals surface area (Å²) in [5, 5.41) is 0. The molecule has 0 aliphatic heterocycles. The molecule has 0 radical (unpaired) electrons. The summed E-state index contributed by atoms with van der Waals surface area (Å²) in [6.07, 6.45) is -0.797. The predicted octanol–water partition coefficient (Wildman–Crippen LogP) is 4.31. The Morgan fingerprint density at radius 3 is 1.97 bits per heavy atom. The average molecular weight is 502 g/mol. The van der Waals surface area contributed by atoms with Crippen LogP contribution in [0.1, 0.15) is 17.3 Å². The number of carbonyl (C=O) groups is 2. The summed E-state index contributed by atoms with van der Waals surface area (Å²) in [5.74, 6) is 1.04. The van der Waals surface area contributed by atoms with Gasteiger partial charge in [0, 0.05) is 9.13 Å². The number of hydrogen-bond donors (Lipinski definition) is 2. The molecule has 0 spiro atoms. The minimum absolute atomic E-state index is 0.400. The lowest BCUT2D eigenvalue weighted by molar-refractivity contribution is -0.128. The van der Waals surface area contributed by atoms with Crippen LogP contribution in [0, 0.1) is 3.57 Å². The van der Waals surface area contributed by atoms with Crippen molar-refractivity contribution in [2.24, 2.45) is 0 Å². The highest BCUT2D eigenvalue weighted by Crippen LogP contribution is 2.24. The van der Waals surface area contributed by atoms with Crippen LogP contribution in [0.4, 0.5) is 0 Å². The van der Waals surface area contributed by atoms with E-state index in [1.165, 1.54) is 0 Å². The molecule has 2 N–H and O–H groups in total. The number of hydrogen-bond acceptors (Lipinski definition) is 4. The maximum atomic E-state index is 12.1. The topological polar surface area (TPSA) is 76.7 Å². The van der Waals surface area contributed by atoms with Gasteiger partial charge in [-0.3, -0.25) is 20.4 Å². The van der Waals surface area contributed by atoms with Crippen molar-refractivity contribution in [2.75, 3.05) is 0 Å². The molecular formula is C22H19IN2O4. The van der Waals surface area contributed by atoms with Gasteiger partial charge in [-0.05, 0) is 90.2 Å². The second-order valence-corrected chi connectivity index (χ2v) is 7.34. The van der Waals surface area contributed by atoms with Crippen LogP contribution in [-0.4, -0.2) is 17.9 Å². The fourth-order valence-corrected chi connectivity index (χ4v) is 2.72. The molecule has 0 saturated carbocycles. The molecule has 0 aliphatic carbocycles. The van der Waals surface area contributed by atoms with Gasteiger partial charge in [0.05, 0.1) is 0 Å². The van der Waals surface area contributed by atoms with Gasteiger partial charge in [-0.2, -0.15) is 0 Å². The lowest BCUT2D eigenvalue weighted by atomic mass is 10.2. The summed E-state index contributed by atoms with van der Waals surface area (Å²) < 4.78 is 12.5. The number of hydrazine groups is 1. The van der Waals surface area contributed by atoms with E-state index in [4.69, 9.17) is 9.47 Å². The van der Waals surface area contributed by atoms with Crippen molar-refractivity contribution in [2.45, 2.75) is 13.0 Å². The van der Waals surface area contributed by atoms with E-state index in [9.17, 15) is 9.59 Å². The fraction of sp³-hybridized carbons (Fsp3) is 0.0909. The molecule has 0 heterocycles. The first-order valence-corrected chi connectivity index (χ1v) is 9.94. The summed E-state index contributed by atoms with van der Waals surface area (Å²) in [5.41, 5.74) is 5.18. The molecule has 0 bridgehead atoms. The molecule has 29 heavy (non-hydrogen) atoms. The largest absolute Gasteiger partial charge is 0.481 e. The molecule has 0 fully saturated rings. The minimum atomic E-state index is -0.797. The van der Waals surface area contributed by atoms with Gasteiger partial charge < -0.3 is 9.47 Å². The SMILES string of the molecule is C[C@@H](Oc1ccc(Oc2ccc(I)cc2)cc1)C(=O)NNC(=O)c1ccccc1. The van der Waals surface area contributed by atoms with E-state index < -0.39 is 17.9 Å². The monoisotopic (exact) mass is 502 g/mol. The predicted molar refractivity (Wildman–Crippen MR) is 118 cm³/mol. The Balaban J connectivity index is 1.49. The zero-order chi connectivity index (χ0) is 20.6. The van der Waals surface area contributed by atoms with E-state index in [1.807, 2.05) is 30.3 Å². The summed E-state index contributed by atoms with van der Waals surface area (Å²) in [6, 6.07) is 23.3. The highest BCUT2D eigenvalue weighted by atomic mass is 127. The first-order chi connectivity index (χ1) is 14.0. The van der Waals surface area contributed by atoms with E-state index in [1.54, 1.807) is 55.5 Å². The Hall–Kier alpha value is -3.07. The van der Waals surface area contributed by atoms with Gasteiger partial charge in [0.1, 0.15) is 17.2 Å². The van der Waals surface area contributed by atoms with Crippen LogP contribution in [0.2, 0.25) is 0 Å². The van der Waals surface area contributed by atoms with Crippen LogP contribution in [0.15, 0.2) is 78.9 Å². The number of amides is 2. The molecule has 7 heteroatoms. The minimum Gasteiger partial charge on any atom is -0.481 e. The maximum absolute atomic E-state index is 12.1. The molecule has 3 rings (SSSR count). The van der Waals surface area contributed by atoms with E-state index in [0.29, 0.717) is 17.1 Å². The molecule has 6 nitrogen and oxygen atoms in total. The molecular weight excluding hydrogens is 483 g/mol. The van der Waals surface area contributed by atoms with Crippen molar-refractivity contribution in [3.63, 3.8) is 0 Å². The number of halogens is 1. The Bertz CT molecular complexity index is 960. The van der Waals surface area contributed by atoms with Crippen LogP contribution in [0.5, 0.6) is 17.2 Å². The molecule has 0 aromatic heterocycles. The van der Waals surface area contributed by atoms with Crippen molar-refractivity contribution < 1.29 is 19.1 Å². The number of ether oxygens (including phenoxy) is 2. The first-order valence-electron chi connectivity index (χ1n) is 8.86. The van der Waals surface area contributed by atoms with Gasteiger partial charge in [-0.15, -0.1) is 0 Å². The smallest absolute Gasteiger partial charge is 0.279 e. The van der Waals surface area contributed by atoms with E-state index in [2.05, 4.69) is 33.4 Å². The zero-order valence-corrected chi connectivity index (χ0v) is 17.8. The van der Waals surface area contributed by atoms with Crippen molar-refractivity contribution in [1.82, 2.24) is 10.9 Å². The highest BCUT2D eigenvalue weighted by molar-refractivity contribution is 14.1. The number of benzene rings is 3. The maximum Gasteiger partial charge on any atom is 0.279 e. The van der Waals surface area contributed by atoms with Crippen molar-refractivity contribution in [3.05, 3.63) is 88.0 Å². The van der Waals surface area contributed by atoms with Gasteiger partial charge in [-0.25, -0.2) is 0 Å². The Kier molecular flexibility index (Phi) is 7.07. The summed E-state index contributed by atoms with van der Waals surface area (Å²) in [6.45, 7) is 1.60. The molecule has 2 amide bonds. The van der Waals surface area contributed by atoms with Crippen LogP contribution in [0.25, 0.3) is 0 Å². The molecule has 1 atom stereocenters. The van der Waals surface area contributed by atoms with Gasteiger partial charge >= 0.3 is 0 Å². The number of nitrogens with one attached hydrogen (secondary N) is 2. The van der Waals surface area contributed by atoms with Gasteiger partial charge in [0.15, 0.2) is 6.10 Å². The summed E-state index contributed by atoms with van der Waals surface area (Å²) in [4.78, 5) is 24.1. The molecule has 3 aromatic carbocycles. The third-order valence-electron chi connectivity index (χ3n) is 3.89. The highest BCUT2D eigenvalue weighted by Gasteiger charge is 2.16. The van der Waals surface area contributed by atoms with Gasteiger partial charge in [-0.1, -0.05) is 18.2 Å². The lowest BCUT2D eigenvalue weighted by Crippen LogP contribution is -2.47. The third-order valence-corrected chi connectivity index (χ3v) is 4.61. The number of carbonyl (C=O) groups excluding carboxylic acids is 2. The van der Waals surface area contributed by atoms with Crippen LogP contribution in [-0.2, 0) is 4.79 Å². The Labute approximate surface area is 182 Å². The van der Waals surface area contributed by atoms with E-state index >= 15 is 0 Å². The fourth-order valence-electron chi connectivity index (χ4n) is 2.36. The summed E-state index contributed by atoms with van der Waals surface area (Å²) >= 11 is 2.23. The Morgan fingerprint density at radius 1 is 0.793 bits per heavy atom. The molecule has 0 saturated heterocycles. The van der Waals surface area contributed by atoms with Crippen molar-refractivity contribution in [3.8, 4) is 17.2 Å². The first kappa shape index (κ1) is 20.7. The van der Waals surface area contributed by atoms with Gasteiger partial charge in [0.2, 0.25) is 0 Å². The lowest BCUT2D eigenvalue weighted by Gasteiger charge is -2.15. The van der Waals surface area contributed by atoms with Crippen molar-refractivity contribution in [1.29, 1.82) is 0 Å². The standard InChI is InChI=1S/C22H19IN2O4/c1-15(21(26)24-25-22(27)16-5-3-2-4-6-16)28-18-11-13-20(14-12-18)29-19-9-7-17(23)8-10-19/h2-15H,1H3,(H,24,26)(H,25,27)/t15-/m1/s1. The molecule has 0 unspecified atom stereocenters. The second kappa shape index (κ2) is 9.92. The number of rotatable bonds is 6. The summed E-state index contributed by atoms with van der Waals surface area (Å²) in [7, 11) is 0. The Morgan fingerprint density at radius 2 is 1.34 bits per heavy atom. The van der Waals surface area contributed by atoms with Crippen molar-refractivity contribution >= 4 is 34.4 Å². The molecule has 0 aliphatic rings. The quantitative estimate of drug-likeness (QED) is 0.389. The normalized spacial score (nSPS) is 11.2. The molecule has 148 valence electrons. The van der Waals surface area contributed by atoms with Crippen LogP contribution in [0.3, 0.4) is 0 Å². The molecule has 3 aromatic rings. The van der Waals surface area contributed by atoms with E-state index in [0.717, 1.165) is 9.32 Å². The van der Waals surface area contributed by atoms with E-state index in [-0.39, 0.29) is 0 Å². The van der Waals surface area contributed by atoms with Crippen LogP contribution < -0.4 is 20.3 Å². The zero-order valence-electron chi connectivity index (χ0n) is 15.6.